The smallest absolute Gasteiger partial charge is 0.339 e. The van der Waals surface area contributed by atoms with Gasteiger partial charge in [0, 0.05) is 11.6 Å². The summed E-state index contributed by atoms with van der Waals surface area (Å²) in [5.41, 5.74) is 6.81. The van der Waals surface area contributed by atoms with Gasteiger partial charge in [-0.1, -0.05) is 6.07 Å². The van der Waals surface area contributed by atoms with Crippen molar-refractivity contribution in [1.29, 1.82) is 0 Å². The van der Waals surface area contributed by atoms with Gasteiger partial charge in [-0.25, -0.2) is 4.79 Å². The molecule has 0 bridgehead atoms. The molecule has 1 rings (SSSR count). The van der Waals surface area contributed by atoms with Crippen molar-refractivity contribution in [2.45, 2.75) is 19.9 Å². The second kappa shape index (κ2) is 3.67. The fraction of sp³-hybridized carbons (Fsp3) is 0.300. The van der Waals surface area contributed by atoms with Crippen LogP contribution in [0.5, 0.6) is 5.75 Å². The Morgan fingerprint density at radius 3 is 2.50 bits per heavy atom. The normalized spacial score (nSPS) is 12.5. The molecule has 0 aliphatic rings. The first-order chi connectivity index (χ1) is 6.45. The Morgan fingerprint density at radius 1 is 1.50 bits per heavy atom. The summed E-state index contributed by atoms with van der Waals surface area (Å²) in [6, 6.07) is 2.63. The van der Waals surface area contributed by atoms with Crippen molar-refractivity contribution in [3.63, 3.8) is 0 Å². The number of hydrogen-bond acceptors (Lipinski definition) is 3. The highest BCUT2D eigenvalue weighted by Gasteiger charge is 2.17. The SMILES string of the molecule is Cc1ccc(C(=O)O)c(O)c1C(C)N. The van der Waals surface area contributed by atoms with Crippen LogP contribution < -0.4 is 5.73 Å². The molecule has 0 saturated carbocycles. The number of nitrogens with two attached hydrogens (primary N) is 1. The average molecular weight is 195 g/mol. The van der Waals surface area contributed by atoms with E-state index in [0.717, 1.165) is 5.56 Å². The van der Waals surface area contributed by atoms with E-state index in [1.54, 1.807) is 19.9 Å². The minimum absolute atomic E-state index is 0.108. The highest BCUT2D eigenvalue weighted by Crippen LogP contribution is 2.29. The molecule has 0 amide bonds. The molecule has 76 valence electrons. The van der Waals surface area contributed by atoms with Gasteiger partial charge in [-0.3, -0.25) is 0 Å². The van der Waals surface area contributed by atoms with Crippen molar-refractivity contribution in [3.8, 4) is 5.75 Å². The number of benzene rings is 1. The summed E-state index contributed by atoms with van der Waals surface area (Å²) in [5.74, 6) is -1.38. The minimum atomic E-state index is -1.15. The lowest BCUT2D eigenvalue weighted by Crippen LogP contribution is -2.09. The summed E-state index contributed by atoms with van der Waals surface area (Å²) < 4.78 is 0. The van der Waals surface area contributed by atoms with E-state index < -0.39 is 5.97 Å². The lowest BCUT2D eigenvalue weighted by molar-refractivity contribution is 0.0693. The molecule has 1 aromatic carbocycles. The lowest BCUT2D eigenvalue weighted by Gasteiger charge is -2.13. The maximum absolute atomic E-state index is 10.7. The number of carboxylic acid groups (broad SMARTS) is 1. The van der Waals surface area contributed by atoms with Gasteiger partial charge in [0.2, 0.25) is 0 Å². The number of rotatable bonds is 2. The zero-order valence-corrected chi connectivity index (χ0v) is 8.11. The molecular formula is C10H13NO3. The Kier molecular flexibility index (Phi) is 2.76. The van der Waals surface area contributed by atoms with Gasteiger partial charge >= 0.3 is 5.97 Å². The van der Waals surface area contributed by atoms with Gasteiger partial charge in [0.15, 0.2) is 0 Å². The molecule has 1 atom stereocenters. The Balaban J connectivity index is 3.41. The van der Waals surface area contributed by atoms with Crippen molar-refractivity contribution >= 4 is 5.97 Å². The van der Waals surface area contributed by atoms with Crippen LogP contribution in [0.4, 0.5) is 0 Å². The van der Waals surface area contributed by atoms with E-state index in [-0.39, 0.29) is 17.4 Å². The quantitative estimate of drug-likeness (QED) is 0.666. The maximum atomic E-state index is 10.7. The van der Waals surface area contributed by atoms with Gasteiger partial charge < -0.3 is 15.9 Å². The zero-order chi connectivity index (χ0) is 10.9. The molecule has 4 N–H and O–H groups in total. The van der Waals surface area contributed by atoms with Gasteiger partial charge in [-0.15, -0.1) is 0 Å². The van der Waals surface area contributed by atoms with Crippen LogP contribution in [-0.2, 0) is 0 Å². The molecule has 0 aliphatic heterocycles. The van der Waals surface area contributed by atoms with Gasteiger partial charge in [-0.05, 0) is 25.5 Å². The van der Waals surface area contributed by atoms with Crippen LogP contribution in [0.25, 0.3) is 0 Å². The third-order valence-corrected chi connectivity index (χ3v) is 2.12. The molecule has 14 heavy (non-hydrogen) atoms. The van der Waals surface area contributed by atoms with Crippen LogP contribution >= 0.6 is 0 Å². The number of carbonyl (C=O) groups is 1. The topological polar surface area (TPSA) is 83.5 Å². The molecular weight excluding hydrogens is 182 g/mol. The molecule has 0 fully saturated rings. The van der Waals surface area contributed by atoms with Crippen molar-refractivity contribution in [2.75, 3.05) is 0 Å². The number of aromatic hydroxyl groups is 1. The Hall–Kier alpha value is -1.55. The molecule has 1 unspecified atom stereocenters. The number of carboxylic acids is 1. The summed E-state index contributed by atoms with van der Waals surface area (Å²) >= 11 is 0. The van der Waals surface area contributed by atoms with Crippen LogP contribution in [-0.4, -0.2) is 16.2 Å². The molecule has 0 spiro atoms. The highest BCUT2D eigenvalue weighted by molar-refractivity contribution is 5.91. The molecule has 0 aromatic heterocycles. The largest absolute Gasteiger partial charge is 0.507 e. The van der Waals surface area contributed by atoms with E-state index in [9.17, 15) is 9.90 Å². The number of aromatic carboxylic acids is 1. The number of hydrogen-bond donors (Lipinski definition) is 3. The first-order valence-corrected chi connectivity index (χ1v) is 4.26. The van der Waals surface area contributed by atoms with Crippen LogP contribution in [0.1, 0.15) is 34.5 Å². The molecule has 0 radical (unpaired) electrons. The minimum Gasteiger partial charge on any atom is -0.507 e. The number of phenols is 1. The van der Waals surface area contributed by atoms with Crippen LogP contribution in [0.3, 0.4) is 0 Å². The van der Waals surface area contributed by atoms with Crippen LogP contribution in [0, 0.1) is 6.92 Å². The van der Waals surface area contributed by atoms with Crippen molar-refractivity contribution in [2.24, 2.45) is 5.73 Å². The van der Waals surface area contributed by atoms with Crippen LogP contribution in [0.15, 0.2) is 12.1 Å². The monoisotopic (exact) mass is 195 g/mol. The summed E-state index contributed by atoms with van der Waals surface area (Å²) in [5, 5.41) is 18.4. The lowest BCUT2D eigenvalue weighted by atomic mass is 9.98. The summed E-state index contributed by atoms with van der Waals surface area (Å²) in [6.45, 7) is 3.48. The van der Waals surface area contributed by atoms with Crippen LogP contribution in [0.2, 0.25) is 0 Å². The van der Waals surface area contributed by atoms with Crippen molar-refractivity contribution < 1.29 is 15.0 Å². The summed E-state index contributed by atoms with van der Waals surface area (Å²) in [7, 11) is 0. The second-order valence-corrected chi connectivity index (χ2v) is 3.29. The summed E-state index contributed by atoms with van der Waals surface area (Å²) in [6.07, 6.45) is 0. The number of aryl methyl sites for hydroxylation is 1. The predicted octanol–water partition coefficient (Wildman–Crippen LogP) is 1.42. The van der Waals surface area contributed by atoms with Gasteiger partial charge in [0.05, 0.1) is 0 Å². The van der Waals surface area contributed by atoms with Gasteiger partial charge in [0.25, 0.3) is 0 Å². The van der Waals surface area contributed by atoms with E-state index in [1.165, 1.54) is 6.07 Å². The van der Waals surface area contributed by atoms with Gasteiger partial charge in [-0.2, -0.15) is 0 Å². The average Bonchev–Trinajstić information content (AvgIpc) is 2.02. The van der Waals surface area contributed by atoms with Crippen molar-refractivity contribution in [3.05, 3.63) is 28.8 Å². The Morgan fingerprint density at radius 2 is 2.07 bits per heavy atom. The molecule has 0 aliphatic carbocycles. The molecule has 0 heterocycles. The predicted molar refractivity (Wildman–Crippen MR) is 52.4 cm³/mol. The van der Waals surface area contributed by atoms with E-state index in [1.807, 2.05) is 0 Å². The van der Waals surface area contributed by atoms with E-state index in [2.05, 4.69) is 0 Å². The Labute approximate surface area is 82.0 Å². The third kappa shape index (κ3) is 1.70. The fourth-order valence-electron chi connectivity index (χ4n) is 1.46. The van der Waals surface area contributed by atoms with E-state index >= 15 is 0 Å². The molecule has 0 saturated heterocycles. The maximum Gasteiger partial charge on any atom is 0.339 e. The van der Waals surface area contributed by atoms with E-state index in [4.69, 9.17) is 10.8 Å². The molecule has 1 aromatic rings. The standard InChI is InChI=1S/C10H13NO3/c1-5-3-4-7(10(13)14)9(12)8(5)6(2)11/h3-4,6,12H,11H2,1-2H3,(H,13,14). The Bertz CT molecular complexity index is 372. The summed E-state index contributed by atoms with van der Waals surface area (Å²) in [4.78, 5) is 10.7. The first-order valence-electron chi connectivity index (χ1n) is 4.26. The molecule has 4 nitrogen and oxygen atoms in total. The van der Waals surface area contributed by atoms with Crippen molar-refractivity contribution in [1.82, 2.24) is 0 Å². The third-order valence-electron chi connectivity index (χ3n) is 2.12. The van der Waals surface area contributed by atoms with E-state index in [0.29, 0.717) is 5.56 Å². The first kappa shape index (κ1) is 10.5. The van der Waals surface area contributed by atoms with Gasteiger partial charge in [0.1, 0.15) is 11.3 Å². The fourth-order valence-corrected chi connectivity index (χ4v) is 1.46. The molecule has 4 heteroatoms. The zero-order valence-electron chi connectivity index (χ0n) is 8.11. The highest BCUT2D eigenvalue weighted by atomic mass is 16.4. The second-order valence-electron chi connectivity index (χ2n) is 3.29.